The van der Waals surface area contributed by atoms with E-state index in [-0.39, 0.29) is 17.3 Å². The van der Waals surface area contributed by atoms with E-state index in [2.05, 4.69) is 9.80 Å². The van der Waals surface area contributed by atoms with Crippen molar-refractivity contribution in [2.24, 2.45) is 0 Å². The van der Waals surface area contributed by atoms with Crippen molar-refractivity contribution in [2.45, 2.75) is 0 Å². The van der Waals surface area contributed by atoms with Crippen molar-refractivity contribution in [2.75, 3.05) is 43.0 Å². The molecule has 0 radical (unpaired) electrons. The van der Waals surface area contributed by atoms with Gasteiger partial charge in [-0.15, -0.1) is 0 Å². The van der Waals surface area contributed by atoms with Gasteiger partial charge in [0.05, 0.1) is 10.5 Å². The molecule has 0 N–H and O–H groups in total. The van der Waals surface area contributed by atoms with Crippen LogP contribution < -0.4 is 15.4 Å². The first-order valence-electron chi connectivity index (χ1n) is 10.4. The summed E-state index contributed by atoms with van der Waals surface area (Å²) in [6.07, 6.45) is 3.28. The molecule has 1 aromatic carbocycles. The molecule has 2 fully saturated rings. The van der Waals surface area contributed by atoms with Crippen LogP contribution in [0.15, 0.2) is 58.4 Å². The number of nitrogens with zero attached hydrogens (tertiary/aromatic N) is 5. The first-order valence-corrected chi connectivity index (χ1v) is 11.6. The van der Waals surface area contributed by atoms with E-state index >= 15 is 0 Å². The Kier molecular flexibility index (Phi) is 5.63. The van der Waals surface area contributed by atoms with Gasteiger partial charge in [-0.2, -0.15) is 0 Å². The first-order chi connectivity index (χ1) is 15.9. The summed E-state index contributed by atoms with van der Waals surface area (Å²) in [5.41, 5.74) is 1.62. The highest BCUT2D eigenvalue weighted by Gasteiger charge is 2.30. The number of pyridine rings is 1. The number of amides is 1. The SMILES string of the molecule is CN1C(=O)C(=Cc2c(N3CCN(c4ccc(F)cc4)CC3)nc3ccccn3c2=O)SC1=S. The molecule has 3 aromatic rings. The highest BCUT2D eigenvalue weighted by atomic mass is 32.2. The van der Waals surface area contributed by atoms with Crippen molar-refractivity contribution in [3.8, 4) is 0 Å². The minimum Gasteiger partial charge on any atom is -0.368 e. The van der Waals surface area contributed by atoms with Crippen molar-refractivity contribution in [3.05, 3.63) is 75.3 Å². The molecule has 0 unspecified atom stereocenters. The molecule has 0 spiro atoms. The summed E-state index contributed by atoms with van der Waals surface area (Å²) in [5.74, 6) is 0.0568. The number of hydrogen-bond acceptors (Lipinski definition) is 7. The second kappa shape index (κ2) is 8.60. The van der Waals surface area contributed by atoms with Crippen molar-refractivity contribution in [1.82, 2.24) is 14.3 Å². The largest absolute Gasteiger partial charge is 0.368 e. The molecule has 2 aliphatic heterocycles. The van der Waals surface area contributed by atoms with Crippen LogP contribution in [-0.4, -0.2) is 57.7 Å². The molecule has 0 aliphatic carbocycles. The van der Waals surface area contributed by atoms with Crippen molar-refractivity contribution in [1.29, 1.82) is 0 Å². The van der Waals surface area contributed by atoms with Gasteiger partial charge in [0.25, 0.3) is 11.5 Å². The van der Waals surface area contributed by atoms with Crippen molar-refractivity contribution >= 4 is 57.4 Å². The van der Waals surface area contributed by atoms with E-state index in [4.69, 9.17) is 17.2 Å². The Bertz CT molecular complexity index is 1350. The molecule has 0 bridgehead atoms. The zero-order valence-corrected chi connectivity index (χ0v) is 19.4. The van der Waals surface area contributed by atoms with Gasteiger partial charge in [-0.25, -0.2) is 9.37 Å². The number of rotatable bonds is 3. The summed E-state index contributed by atoms with van der Waals surface area (Å²) in [4.78, 5) is 36.8. The maximum atomic E-state index is 13.4. The highest BCUT2D eigenvalue weighted by Crippen LogP contribution is 2.32. The fourth-order valence-electron chi connectivity index (χ4n) is 3.96. The fraction of sp³-hybridized carbons (Fsp3) is 0.217. The molecule has 2 aromatic heterocycles. The first kappa shape index (κ1) is 21.6. The van der Waals surface area contributed by atoms with Crippen LogP contribution in [0.3, 0.4) is 0 Å². The van der Waals surface area contributed by atoms with Crippen LogP contribution in [0.5, 0.6) is 0 Å². The van der Waals surface area contributed by atoms with Crippen LogP contribution in [0.1, 0.15) is 5.56 Å². The second-order valence-corrected chi connectivity index (χ2v) is 9.45. The molecule has 2 saturated heterocycles. The lowest BCUT2D eigenvalue weighted by molar-refractivity contribution is -0.121. The molecule has 0 atom stereocenters. The quantitative estimate of drug-likeness (QED) is 0.421. The molecule has 0 saturated carbocycles. The molecule has 33 heavy (non-hydrogen) atoms. The standard InChI is InChI=1S/C23H20FN5O2S2/c1-26-22(31)18(33-23(26)32)14-17-20(25-19-4-2-3-9-29(19)21(17)30)28-12-10-27(11-13-28)16-7-5-15(24)6-8-16/h2-9,14H,10-13H2,1H3. The van der Waals surface area contributed by atoms with Crippen LogP contribution in [0.25, 0.3) is 11.7 Å². The molecule has 2 aliphatic rings. The fourth-order valence-corrected chi connectivity index (χ4v) is 5.12. The van der Waals surface area contributed by atoms with Crippen LogP contribution in [0, 0.1) is 5.82 Å². The molecule has 168 valence electrons. The number of carbonyl (C=O) groups is 1. The van der Waals surface area contributed by atoms with Crippen LogP contribution in [0.4, 0.5) is 15.9 Å². The van der Waals surface area contributed by atoms with E-state index in [1.165, 1.54) is 33.2 Å². The third kappa shape index (κ3) is 4.00. The number of aromatic nitrogens is 2. The minimum absolute atomic E-state index is 0.227. The number of piperazine rings is 1. The number of benzene rings is 1. The van der Waals surface area contributed by atoms with Gasteiger partial charge in [0, 0.05) is 45.1 Å². The molecule has 7 nitrogen and oxygen atoms in total. The molecule has 4 heterocycles. The molecular formula is C23H20FN5O2S2. The number of likely N-dealkylation sites (N-methyl/N-ethyl adjacent to an activating group) is 1. The maximum Gasteiger partial charge on any atom is 0.267 e. The predicted molar refractivity (Wildman–Crippen MR) is 133 cm³/mol. The van der Waals surface area contributed by atoms with E-state index < -0.39 is 0 Å². The Morgan fingerprint density at radius 1 is 1.03 bits per heavy atom. The van der Waals surface area contributed by atoms with Gasteiger partial charge in [0.15, 0.2) is 0 Å². The number of carbonyl (C=O) groups excluding carboxylic acids is 1. The average Bonchev–Trinajstić information content (AvgIpc) is 3.08. The van der Waals surface area contributed by atoms with Crippen LogP contribution in [0.2, 0.25) is 0 Å². The lowest BCUT2D eigenvalue weighted by atomic mass is 10.2. The Morgan fingerprint density at radius 2 is 1.73 bits per heavy atom. The smallest absolute Gasteiger partial charge is 0.267 e. The molecule has 5 rings (SSSR count). The van der Waals surface area contributed by atoms with E-state index in [1.54, 1.807) is 43.6 Å². The van der Waals surface area contributed by atoms with Gasteiger partial charge < -0.3 is 9.80 Å². The third-order valence-electron chi connectivity index (χ3n) is 5.78. The van der Waals surface area contributed by atoms with Crippen molar-refractivity contribution in [3.63, 3.8) is 0 Å². The number of thiocarbonyl (C=S) groups is 1. The lowest BCUT2D eigenvalue weighted by Crippen LogP contribution is -2.47. The number of fused-ring (bicyclic) bond motifs is 1. The number of hydrogen-bond donors (Lipinski definition) is 0. The summed E-state index contributed by atoms with van der Waals surface area (Å²) in [7, 11) is 1.62. The number of thioether (sulfide) groups is 1. The normalized spacial score (nSPS) is 18.1. The zero-order valence-electron chi connectivity index (χ0n) is 17.8. The second-order valence-electron chi connectivity index (χ2n) is 7.77. The van der Waals surface area contributed by atoms with Gasteiger partial charge in [-0.3, -0.25) is 18.9 Å². The van der Waals surface area contributed by atoms with Gasteiger partial charge in [-0.05, 0) is 42.5 Å². The lowest BCUT2D eigenvalue weighted by Gasteiger charge is -2.37. The maximum absolute atomic E-state index is 13.4. The monoisotopic (exact) mass is 481 g/mol. The summed E-state index contributed by atoms with van der Waals surface area (Å²) in [5, 5.41) is 0. The topological polar surface area (TPSA) is 61.2 Å². The number of anilines is 2. The molecule has 10 heteroatoms. The Morgan fingerprint density at radius 3 is 2.39 bits per heavy atom. The van der Waals surface area contributed by atoms with Gasteiger partial charge in [0.1, 0.15) is 21.6 Å². The van der Waals surface area contributed by atoms with E-state index in [0.717, 1.165) is 5.69 Å². The molecular weight excluding hydrogens is 461 g/mol. The summed E-state index contributed by atoms with van der Waals surface area (Å²) >= 11 is 6.42. The number of halogens is 1. The van der Waals surface area contributed by atoms with Gasteiger partial charge >= 0.3 is 0 Å². The van der Waals surface area contributed by atoms with Gasteiger partial charge in [-0.1, -0.05) is 30.0 Å². The van der Waals surface area contributed by atoms with E-state index in [1.807, 2.05) is 6.07 Å². The molecule has 1 amide bonds. The Labute approximate surface area is 199 Å². The zero-order chi connectivity index (χ0) is 23.1. The van der Waals surface area contributed by atoms with E-state index in [0.29, 0.717) is 52.4 Å². The summed E-state index contributed by atoms with van der Waals surface area (Å²) < 4.78 is 15.2. The highest BCUT2D eigenvalue weighted by molar-refractivity contribution is 8.26. The van der Waals surface area contributed by atoms with E-state index in [9.17, 15) is 14.0 Å². The minimum atomic E-state index is -0.264. The van der Waals surface area contributed by atoms with Crippen LogP contribution in [-0.2, 0) is 4.79 Å². The Balaban J connectivity index is 1.52. The third-order valence-corrected chi connectivity index (χ3v) is 7.27. The average molecular weight is 482 g/mol. The van der Waals surface area contributed by atoms with Crippen LogP contribution >= 0.6 is 24.0 Å². The summed E-state index contributed by atoms with van der Waals surface area (Å²) in [6.45, 7) is 2.64. The predicted octanol–water partition coefficient (Wildman–Crippen LogP) is 2.99. The Hall–Kier alpha value is -3.24. The van der Waals surface area contributed by atoms with Gasteiger partial charge in [0.2, 0.25) is 0 Å². The summed E-state index contributed by atoms with van der Waals surface area (Å²) in [6, 6.07) is 11.8. The van der Waals surface area contributed by atoms with Crippen molar-refractivity contribution < 1.29 is 9.18 Å².